The lowest BCUT2D eigenvalue weighted by Crippen LogP contribution is -2.04. The Bertz CT molecular complexity index is 717. The maximum atomic E-state index is 5.56. The summed E-state index contributed by atoms with van der Waals surface area (Å²) in [5.41, 5.74) is 8.04. The van der Waals surface area contributed by atoms with Crippen molar-refractivity contribution >= 4 is 16.6 Å². The molecule has 0 amide bonds. The predicted octanol–water partition coefficient (Wildman–Crippen LogP) is 2.74. The van der Waals surface area contributed by atoms with Gasteiger partial charge in [0.15, 0.2) is 5.82 Å². The summed E-state index contributed by atoms with van der Waals surface area (Å²) in [5.74, 6) is 0.819. The molecule has 0 bridgehead atoms. The molecule has 21 heavy (non-hydrogen) atoms. The lowest BCUT2D eigenvalue weighted by Gasteiger charge is -2.08. The van der Waals surface area contributed by atoms with Crippen LogP contribution in [0.15, 0.2) is 54.7 Å². The molecular weight excluding hydrogens is 260 g/mol. The van der Waals surface area contributed by atoms with E-state index in [1.807, 2.05) is 18.2 Å². The van der Waals surface area contributed by atoms with Crippen molar-refractivity contribution in [1.29, 1.82) is 0 Å². The number of benzene rings is 2. The van der Waals surface area contributed by atoms with Gasteiger partial charge in [-0.25, -0.2) is 0 Å². The maximum absolute atomic E-state index is 5.56. The van der Waals surface area contributed by atoms with Crippen molar-refractivity contribution in [2.75, 3.05) is 11.9 Å². The monoisotopic (exact) mass is 278 g/mol. The molecule has 0 saturated heterocycles. The first-order chi connectivity index (χ1) is 10.4. The Morgan fingerprint density at radius 2 is 1.71 bits per heavy atom. The number of hydrogen-bond acceptors (Lipinski definition) is 4. The van der Waals surface area contributed by atoms with Gasteiger partial charge in [0, 0.05) is 17.3 Å². The van der Waals surface area contributed by atoms with Crippen LogP contribution in [0.4, 0.5) is 5.82 Å². The summed E-state index contributed by atoms with van der Waals surface area (Å²) in [5, 5.41) is 13.8. The molecule has 0 spiro atoms. The van der Waals surface area contributed by atoms with E-state index in [0.29, 0.717) is 6.54 Å². The van der Waals surface area contributed by atoms with Crippen LogP contribution < -0.4 is 11.1 Å². The molecule has 1 aromatic heterocycles. The Morgan fingerprint density at radius 3 is 2.52 bits per heavy atom. The van der Waals surface area contributed by atoms with E-state index in [4.69, 9.17) is 5.73 Å². The molecular formula is C17H18N4. The molecule has 3 aromatic rings. The van der Waals surface area contributed by atoms with Crippen molar-refractivity contribution in [2.24, 2.45) is 5.73 Å². The molecule has 0 atom stereocenters. The molecule has 0 aliphatic heterocycles. The molecule has 0 saturated carbocycles. The standard InChI is InChI=1S/C17H18N4/c18-10-9-13-5-7-14(8-6-13)11-19-17-16-4-2-1-3-15(16)12-20-21-17/h1-8,12H,9-11,18H2,(H,19,21). The van der Waals surface area contributed by atoms with Crippen molar-refractivity contribution in [1.82, 2.24) is 10.2 Å². The quantitative estimate of drug-likeness (QED) is 0.753. The van der Waals surface area contributed by atoms with E-state index in [2.05, 4.69) is 45.8 Å². The van der Waals surface area contributed by atoms with Crippen LogP contribution in [0, 0.1) is 0 Å². The minimum absolute atomic E-state index is 0.684. The third kappa shape index (κ3) is 3.17. The number of anilines is 1. The smallest absolute Gasteiger partial charge is 0.156 e. The zero-order chi connectivity index (χ0) is 14.5. The van der Waals surface area contributed by atoms with Crippen LogP contribution in [0.25, 0.3) is 10.8 Å². The van der Waals surface area contributed by atoms with E-state index in [0.717, 1.165) is 29.6 Å². The first-order valence-electron chi connectivity index (χ1n) is 7.09. The fourth-order valence-corrected chi connectivity index (χ4v) is 2.33. The number of nitrogens with two attached hydrogens (primary N) is 1. The number of aromatic nitrogens is 2. The molecule has 1 heterocycles. The van der Waals surface area contributed by atoms with E-state index in [1.165, 1.54) is 11.1 Å². The molecule has 0 fully saturated rings. The third-order valence-corrected chi connectivity index (χ3v) is 3.49. The average molecular weight is 278 g/mol. The van der Waals surface area contributed by atoms with Gasteiger partial charge in [-0.3, -0.25) is 0 Å². The van der Waals surface area contributed by atoms with Crippen LogP contribution >= 0.6 is 0 Å². The van der Waals surface area contributed by atoms with Crippen molar-refractivity contribution in [3.63, 3.8) is 0 Å². The summed E-state index contributed by atoms with van der Waals surface area (Å²) in [6.07, 6.45) is 2.70. The minimum atomic E-state index is 0.684. The fraction of sp³-hybridized carbons (Fsp3) is 0.176. The Kier molecular flexibility index (Phi) is 4.07. The van der Waals surface area contributed by atoms with Crippen molar-refractivity contribution < 1.29 is 0 Å². The molecule has 4 heteroatoms. The highest BCUT2D eigenvalue weighted by molar-refractivity contribution is 5.90. The topological polar surface area (TPSA) is 63.8 Å². The summed E-state index contributed by atoms with van der Waals surface area (Å²) in [6.45, 7) is 1.41. The summed E-state index contributed by atoms with van der Waals surface area (Å²) in [6, 6.07) is 16.6. The highest BCUT2D eigenvalue weighted by Gasteiger charge is 2.02. The number of fused-ring (bicyclic) bond motifs is 1. The summed E-state index contributed by atoms with van der Waals surface area (Å²) < 4.78 is 0. The average Bonchev–Trinajstić information content (AvgIpc) is 2.54. The minimum Gasteiger partial charge on any atom is -0.364 e. The molecule has 106 valence electrons. The van der Waals surface area contributed by atoms with Crippen LogP contribution in [0.2, 0.25) is 0 Å². The van der Waals surface area contributed by atoms with E-state index in [9.17, 15) is 0 Å². The van der Waals surface area contributed by atoms with Gasteiger partial charge < -0.3 is 11.1 Å². The Labute approximate surface area is 124 Å². The van der Waals surface area contributed by atoms with E-state index in [1.54, 1.807) is 6.20 Å². The van der Waals surface area contributed by atoms with Gasteiger partial charge in [-0.1, -0.05) is 48.5 Å². The number of nitrogens with one attached hydrogen (secondary N) is 1. The highest BCUT2D eigenvalue weighted by atomic mass is 15.2. The predicted molar refractivity (Wildman–Crippen MR) is 86.1 cm³/mol. The molecule has 3 rings (SSSR count). The first kappa shape index (κ1) is 13.5. The zero-order valence-corrected chi connectivity index (χ0v) is 11.8. The normalized spacial score (nSPS) is 10.7. The Hall–Kier alpha value is -2.46. The molecule has 0 aliphatic rings. The fourth-order valence-electron chi connectivity index (χ4n) is 2.33. The molecule has 2 aromatic carbocycles. The van der Waals surface area contributed by atoms with Crippen LogP contribution in [0.3, 0.4) is 0 Å². The number of nitrogens with zero attached hydrogens (tertiary/aromatic N) is 2. The Balaban J connectivity index is 1.74. The van der Waals surface area contributed by atoms with Gasteiger partial charge in [0.25, 0.3) is 0 Å². The van der Waals surface area contributed by atoms with E-state index < -0.39 is 0 Å². The molecule has 4 nitrogen and oxygen atoms in total. The van der Waals surface area contributed by atoms with Crippen molar-refractivity contribution in [2.45, 2.75) is 13.0 Å². The van der Waals surface area contributed by atoms with Gasteiger partial charge in [0.05, 0.1) is 6.20 Å². The van der Waals surface area contributed by atoms with Gasteiger partial charge in [0.1, 0.15) is 0 Å². The number of hydrogen-bond donors (Lipinski definition) is 2. The molecule has 0 aliphatic carbocycles. The second kappa shape index (κ2) is 6.33. The van der Waals surface area contributed by atoms with Crippen LogP contribution in [-0.4, -0.2) is 16.7 Å². The van der Waals surface area contributed by atoms with Gasteiger partial charge in [-0.05, 0) is 24.1 Å². The summed E-state index contributed by atoms with van der Waals surface area (Å²) in [4.78, 5) is 0. The van der Waals surface area contributed by atoms with E-state index in [-0.39, 0.29) is 0 Å². The van der Waals surface area contributed by atoms with Crippen LogP contribution in [0.1, 0.15) is 11.1 Å². The summed E-state index contributed by atoms with van der Waals surface area (Å²) in [7, 11) is 0. The second-order valence-corrected chi connectivity index (χ2v) is 4.99. The molecule has 0 unspecified atom stereocenters. The SMILES string of the molecule is NCCc1ccc(CNc2nncc3ccccc23)cc1. The molecule has 3 N–H and O–H groups in total. The Morgan fingerprint density at radius 1 is 0.952 bits per heavy atom. The van der Waals surface area contributed by atoms with Gasteiger partial charge in [0.2, 0.25) is 0 Å². The van der Waals surface area contributed by atoms with Crippen molar-refractivity contribution in [3.8, 4) is 0 Å². The van der Waals surface area contributed by atoms with Gasteiger partial charge >= 0.3 is 0 Å². The summed E-state index contributed by atoms with van der Waals surface area (Å²) >= 11 is 0. The number of rotatable bonds is 5. The molecule has 0 radical (unpaired) electrons. The third-order valence-electron chi connectivity index (χ3n) is 3.49. The largest absolute Gasteiger partial charge is 0.364 e. The maximum Gasteiger partial charge on any atom is 0.156 e. The van der Waals surface area contributed by atoms with Crippen molar-refractivity contribution in [3.05, 3.63) is 65.9 Å². The van der Waals surface area contributed by atoms with Gasteiger partial charge in [-0.2, -0.15) is 5.10 Å². The second-order valence-electron chi connectivity index (χ2n) is 4.99. The zero-order valence-electron chi connectivity index (χ0n) is 11.8. The first-order valence-corrected chi connectivity index (χ1v) is 7.09. The lowest BCUT2D eigenvalue weighted by atomic mass is 10.1. The van der Waals surface area contributed by atoms with Crippen LogP contribution in [0.5, 0.6) is 0 Å². The van der Waals surface area contributed by atoms with E-state index >= 15 is 0 Å². The lowest BCUT2D eigenvalue weighted by molar-refractivity contribution is 0.965. The van der Waals surface area contributed by atoms with Gasteiger partial charge in [-0.15, -0.1) is 5.10 Å². The van der Waals surface area contributed by atoms with Crippen LogP contribution in [-0.2, 0) is 13.0 Å². The highest BCUT2D eigenvalue weighted by Crippen LogP contribution is 2.19.